The Hall–Kier alpha value is -3.20. The Bertz CT molecular complexity index is 1060. The molecule has 4 rings (SSSR count). The highest BCUT2D eigenvalue weighted by Crippen LogP contribution is 2.34. The summed E-state index contributed by atoms with van der Waals surface area (Å²) in [4.78, 5) is 24.7. The lowest BCUT2D eigenvalue weighted by Crippen LogP contribution is -2.36. The molecule has 0 radical (unpaired) electrons. The first-order valence-corrected chi connectivity index (χ1v) is 11.2. The predicted octanol–water partition coefficient (Wildman–Crippen LogP) is 4.44. The number of benzene rings is 1. The second-order valence-corrected chi connectivity index (χ2v) is 8.69. The van der Waals surface area contributed by atoms with E-state index in [-0.39, 0.29) is 5.82 Å². The van der Waals surface area contributed by atoms with E-state index in [9.17, 15) is 30.7 Å². The molecule has 2 N–H and O–H groups in total. The number of aliphatic carboxylic acids is 2. The zero-order valence-corrected chi connectivity index (χ0v) is 20.1. The van der Waals surface area contributed by atoms with Crippen LogP contribution in [0.3, 0.4) is 0 Å². The van der Waals surface area contributed by atoms with Crippen molar-refractivity contribution in [3.8, 4) is 0 Å². The molecule has 0 saturated heterocycles. The van der Waals surface area contributed by atoms with Gasteiger partial charge in [0.2, 0.25) is 0 Å². The van der Waals surface area contributed by atoms with Crippen molar-refractivity contribution in [3.63, 3.8) is 0 Å². The minimum Gasteiger partial charge on any atom is -0.475 e. The van der Waals surface area contributed by atoms with Crippen LogP contribution in [0.25, 0.3) is 0 Å². The van der Waals surface area contributed by atoms with Crippen molar-refractivity contribution in [1.82, 2.24) is 14.5 Å². The Kier molecular flexibility index (Phi) is 10.6. The number of hydrogen-bond donors (Lipinski definition) is 2. The smallest absolute Gasteiger partial charge is 0.475 e. The molecule has 0 amide bonds. The Morgan fingerprint density at radius 2 is 1.61 bits per heavy atom. The highest BCUT2D eigenvalue weighted by molar-refractivity contribution is 5.73. The van der Waals surface area contributed by atoms with Crippen molar-refractivity contribution in [2.24, 2.45) is 5.92 Å². The number of carbonyl (C=O) groups is 2. The highest BCUT2D eigenvalue weighted by atomic mass is 19.4. The number of carboxylic acids is 2. The summed E-state index contributed by atoms with van der Waals surface area (Å²) in [5.41, 5.74) is 3.20. The molecule has 2 aliphatic rings. The van der Waals surface area contributed by atoms with E-state index in [1.54, 1.807) is 13.2 Å². The number of fused-ring (bicyclic) bond motifs is 1. The van der Waals surface area contributed by atoms with Gasteiger partial charge in [0, 0.05) is 50.5 Å². The number of methoxy groups -OCH3 is 1. The SMILES string of the molecule is COCC1CN(Cc2ccccc2F)Cc2ncn(CC3CC3)c21.O=C(O)C(F)(F)F.O=C(O)C(F)(F)F. The fourth-order valence-corrected chi connectivity index (χ4v) is 3.74. The lowest BCUT2D eigenvalue weighted by molar-refractivity contribution is -0.193. The number of alkyl halides is 6. The first kappa shape index (κ1) is 31.0. The van der Waals surface area contributed by atoms with Gasteiger partial charge in [-0.2, -0.15) is 26.3 Å². The minimum atomic E-state index is -5.08. The maximum absolute atomic E-state index is 14.0. The Morgan fingerprint density at radius 3 is 2.08 bits per heavy atom. The molecular formula is C23H26F7N3O5. The van der Waals surface area contributed by atoms with Crippen LogP contribution in [0.4, 0.5) is 30.7 Å². The maximum atomic E-state index is 14.0. The van der Waals surface area contributed by atoms with Gasteiger partial charge in [0.15, 0.2) is 0 Å². The van der Waals surface area contributed by atoms with Gasteiger partial charge in [-0.05, 0) is 24.8 Å². The molecule has 1 atom stereocenters. The van der Waals surface area contributed by atoms with Crippen LogP contribution in [-0.2, 0) is 34.0 Å². The van der Waals surface area contributed by atoms with Crippen LogP contribution in [0.15, 0.2) is 30.6 Å². The summed E-state index contributed by atoms with van der Waals surface area (Å²) in [5, 5.41) is 14.2. The van der Waals surface area contributed by atoms with Gasteiger partial charge in [0.1, 0.15) is 5.82 Å². The minimum absolute atomic E-state index is 0.133. The molecule has 1 saturated carbocycles. The van der Waals surface area contributed by atoms with Gasteiger partial charge < -0.3 is 19.5 Å². The molecule has 2 aromatic rings. The molecule has 38 heavy (non-hydrogen) atoms. The van der Waals surface area contributed by atoms with Crippen LogP contribution in [0.2, 0.25) is 0 Å². The average Bonchev–Trinajstić information content (AvgIpc) is 3.53. The fraction of sp³-hybridized carbons (Fsp3) is 0.522. The van der Waals surface area contributed by atoms with Crippen LogP contribution in [0.5, 0.6) is 0 Å². The Balaban J connectivity index is 0.000000301. The first-order valence-electron chi connectivity index (χ1n) is 11.2. The van der Waals surface area contributed by atoms with Gasteiger partial charge in [0.25, 0.3) is 0 Å². The largest absolute Gasteiger partial charge is 0.490 e. The summed E-state index contributed by atoms with van der Waals surface area (Å²) in [7, 11) is 1.75. The van der Waals surface area contributed by atoms with Crippen LogP contribution < -0.4 is 0 Å². The van der Waals surface area contributed by atoms with Gasteiger partial charge >= 0.3 is 24.3 Å². The third-order valence-electron chi connectivity index (χ3n) is 5.55. The molecular weight excluding hydrogens is 531 g/mol. The molecule has 212 valence electrons. The molecule has 1 aromatic carbocycles. The zero-order valence-electron chi connectivity index (χ0n) is 20.1. The average molecular weight is 557 g/mol. The second-order valence-electron chi connectivity index (χ2n) is 8.69. The molecule has 1 aliphatic carbocycles. The lowest BCUT2D eigenvalue weighted by atomic mass is 9.98. The third kappa shape index (κ3) is 9.59. The fourth-order valence-electron chi connectivity index (χ4n) is 3.74. The van der Waals surface area contributed by atoms with E-state index in [1.807, 2.05) is 18.5 Å². The topological polar surface area (TPSA) is 105 Å². The summed E-state index contributed by atoms with van der Waals surface area (Å²) < 4.78 is 85.2. The second kappa shape index (κ2) is 13.0. The van der Waals surface area contributed by atoms with Crippen molar-refractivity contribution in [2.45, 2.75) is 50.7 Å². The van der Waals surface area contributed by atoms with Gasteiger partial charge in [-0.3, -0.25) is 4.90 Å². The Morgan fingerprint density at radius 1 is 1.05 bits per heavy atom. The standard InChI is InChI=1S/C19H24FN3O.2C2HF3O2/c1-24-12-16-10-22(9-15-4-2-3-5-17(15)20)11-18-19(16)23(13-21-18)8-14-6-7-14;2*3-2(4,5)1(6)7/h2-5,13-14,16H,6-12H2,1H3;2*(H,6,7). The molecule has 2 heterocycles. The van der Waals surface area contributed by atoms with Crippen molar-refractivity contribution < 1.29 is 55.3 Å². The monoisotopic (exact) mass is 557 g/mol. The highest BCUT2D eigenvalue weighted by Gasteiger charge is 2.39. The van der Waals surface area contributed by atoms with Gasteiger partial charge in [0.05, 0.1) is 18.6 Å². The maximum Gasteiger partial charge on any atom is 0.490 e. The lowest BCUT2D eigenvalue weighted by Gasteiger charge is -2.33. The number of carboxylic acid groups (broad SMARTS) is 2. The van der Waals surface area contributed by atoms with E-state index < -0.39 is 24.3 Å². The van der Waals surface area contributed by atoms with E-state index in [0.29, 0.717) is 19.1 Å². The molecule has 15 heteroatoms. The molecule has 1 aliphatic heterocycles. The molecule has 1 fully saturated rings. The first-order chi connectivity index (χ1) is 17.6. The van der Waals surface area contributed by atoms with Crippen molar-refractivity contribution in [3.05, 3.63) is 53.4 Å². The molecule has 0 spiro atoms. The number of halogens is 7. The van der Waals surface area contributed by atoms with E-state index in [0.717, 1.165) is 36.8 Å². The molecule has 0 bridgehead atoms. The van der Waals surface area contributed by atoms with Gasteiger partial charge in [-0.25, -0.2) is 19.0 Å². The van der Waals surface area contributed by atoms with Gasteiger partial charge in [-0.1, -0.05) is 18.2 Å². The van der Waals surface area contributed by atoms with Crippen molar-refractivity contribution in [1.29, 1.82) is 0 Å². The van der Waals surface area contributed by atoms with E-state index in [1.165, 1.54) is 24.6 Å². The van der Waals surface area contributed by atoms with Crippen LogP contribution in [0, 0.1) is 11.7 Å². The normalized spacial score (nSPS) is 17.4. The van der Waals surface area contributed by atoms with Crippen molar-refractivity contribution in [2.75, 3.05) is 20.3 Å². The zero-order chi connectivity index (χ0) is 28.7. The molecule has 1 unspecified atom stereocenters. The summed E-state index contributed by atoms with van der Waals surface area (Å²) >= 11 is 0. The van der Waals surface area contributed by atoms with Gasteiger partial charge in [-0.15, -0.1) is 0 Å². The summed E-state index contributed by atoms with van der Waals surface area (Å²) in [5.74, 6) is -4.53. The number of nitrogens with zero attached hydrogens (tertiary/aromatic N) is 3. The third-order valence-corrected chi connectivity index (χ3v) is 5.55. The van der Waals surface area contributed by atoms with E-state index >= 15 is 0 Å². The van der Waals surface area contributed by atoms with Crippen molar-refractivity contribution >= 4 is 11.9 Å². The van der Waals surface area contributed by atoms with Crippen LogP contribution in [-0.4, -0.2) is 69.2 Å². The summed E-state index contributed by atoms with van der Waals surface area (Å²) in [6, 6.07) is 7.02. The van der Waals surface area contributed by atoms with E-state index in [4.69, 9.17) is 24.5 Å². The van der Waals surface area contributed by atoms with E-state index in [2.05, 4.69) is 14.5 Å². The van der Waals surface area contributed by atoms with Crippen LogP contribution in [0.1, 0.15) is 35.7 Å². The summed E-state index contributed by atoms with van der Waals surface area (Å²) in [6.07, 6.45) is -5.51. The van der Waals surface area contributed by atoms with Crippen LogP contribution >= 0.6 is 0 Å². The Labute approximate surface area is 212 Å². The number of hydrogen-bond acceptors (Lipinski definition) is 5. The molecule has 1 aromatic heterocycles. The number of aromatic nitrogens is 2. The number of rotatable bonds is 6. The molecule has 8 nitrogen and oxygen atoms in total. The summed E-state index contributed by atoms with van der Waals surface area (Å²) in [6.45, 7) is 4.03. The number of ether oxygens (including phenoxy) is 1. The quantitative estimate of drug-likeness (QED) is 0.506. The predicted molar refractivity (Wildman–Crippen MR) is 117 cm³/mol. The number of imidazole rings is 1.